The molecule has 0 saturated heterocycles. The van der Waals surface area contributed by atoms with Crippen LogP contribution < -0.4 is 5.32 Å². The fourth-order valence-electron chi connectivity index (χ4n) is 1.72. The molecule has 1 amide bonds. The Kier molecular flexibility index (Phi) is 4.83. The number of halogens is 2. The largest absolute Gasteiger partial charge is 0.478 e. The Hall–Kier alpha value is -2.04. The highest BCUT2D eigenvalue weighted by Gasteiger charge is 2.10. The van der Waals surface area contributed by atoms with Gasteiger partial charge in [-0.05, 0) is 35.9 Å². The standard InChI is InChI=1S/C15H11Cl2NO3/c16-11-5-6-12(13(17)7-11)14(19)18-8-9-1-3-10(4-2-9)15(20)21/h1-7H,8H2,(H,18,19)(H,20,21). The van der Waals surface area contributed by atoms with Gasteiger partial charge in [0.2, 0.25) is 0 Å². The van der Waals surface area contributed by atoms with Crippen molar-refractivity contribution in [2.24, 2.45) is 0 Å². The molecule has 0 saturated carbocycles. The number of rotatable bonds is 4. The van der Waals surface area contributed by atoms with Crippen molar-refractivity contribution in [3.05, 3.63) is 69.2 Å². The van der Waals surface area contributed by atoms with Crippen molar-refractivity contribution >= 4 is 35.1 Å². The van der Waals surface area contributed by atoms with Gasteiger partial charge in [-0.2, -0.15) is 0 Å². The highest BCUT2D eigenvalue weighted by Crippen LogP contribution is 2.20. The molecule has 0 unspecified atom stereocenters. The molecule has 0 bridgehead atoms. The molecule has 0 aromatic heterocycles. The fourth-order valence-corrected chi connectivity index (χ4v) is 2.21. The van der Waals surface area contributed by atoms with E-state index in [1.165, 1.54) is 18.2 Å². The van der Waals surface area contributed by atoms with Crippen LogP contribution in [0.5, 0.6) is 0 Å². The van der Waals surface area contributed by atoms with Crippen LogP contribution >= 0.6 is 23.2 Å². The Morgan fingerprint density at radius 2 is 1.71 bits per heavy atom. The number of carboxylic acids is 1. The number of carbonyl (C=O) groups excluding carboxylic acids is 1. The molecular formula is C15H11Cl2NO3. The molecule has 0 fully saturated rings. The first-order valence-electron chi connectivity index (χ1n) is 6.03. The van der Waals surface area contributed by atoms with Crippen LogP contribution in [0.4, 0.5) is 0 Å². The molecule has 0 aliphatic heterocycles. The lowest BCUT2D eigenvalue weighted by Crippen LogP contribution is -2.23. The van der Waals surface area contributed by atoms with Crippen LogP contribution in [0, 0.1) is 0 Å². The average molecular weight is 324 g/mol. The maximum Gasteiger partial charge on any atom is 0.335 e. The number of amides is 1. The van der Waals surface area contributed by atoms with Crippen LogP contribution in [-0.2, 0) is 6.54 Å². The molecule has 0 heterocycles. The summed E-state index contributed by atoms with van der Waals surface area (Å²) in [6.45, 7) is 0.275. The smallest absolute Gasteiger partial charge is 0.335 e. The SMILES string of the molecule is O=C(O)c1ccc(CNC(=O)c2ccc(Cl)cc2Cl)cc1. The topological polar surface area (TPSA) is 66.4 Å². The molecule has 0 spiro atoms. The van der Waals surface area contributed by atoms with Gasteiger partial charge in [-0.15, -0.1) is 0 Å². The van der Waals surface area contributed by atoms with Crippen molar-refractivity contribution in [1.82, 2.24) is 5.32 Å². The molecular weight excluding hydrogens is 313 g/mol. The fraction of sp³-hybridized carbons (Fsp3) is 0.0667. The first kappa shape index (κ1) is 15.4. The van der Waals surface area contributed by atoms with Crippen LogP contribution in [0.3, 0.4) is 0 Å². The third-order valence-corrected chi connectivity index (χ3v) is 3.38. The lowest BCUT2D eigenvalue weighted by atomic mass is 10.1. The number of benzene rings is 2. The number of nitrogens with one attached hydrogen (secondary N) is 1. The van der Waals surface area contributed by atoms with E-state index >= 15 is 0 Å². The van der Waals surface area contributed by atoms with Gasteiger partial charge in [0.05, 0.1) is 16.1 Å². The first-order valence-corrected chi connectivity index (χ1v) is 6.78. The van der Waals surface area contributed by atoms with Gasteiger partial charge in [-0.3, -0.25) is 4.79 Å². The summed E-state index contributed by atoms with van der Waals surface area (Å²) in [6.07, 6.45) is 0. The van der Waals surface area contributed by atoms with E-state index in [9.17, 15) is 9.59 Å². The zero-order valence-electron chi connectivity index (χ0n) is 10.8. The predicted molar refractivity (Wildman–Crippen MR) is 81.0 cm³/mol. The molecule has 0 aliphatic carbocycles. The third-order valence-electron chi connectivity index (χ3n) is 2.83. The van der Waals surface area contributed by atoms with Gasteiger partial charge in [0.15, 0.2) is 0 Å². The van der Waals surface area contributed by atoms with E-state index in [2.05, 4.69) is 5.32 Å². The van der Waals surface area contributed by atoms with Gasteiger partial charge in [-0.1, -0.05) is 35.3 Å². The number of carboxylic acid groups (broad SMARTS) is 1. The second-order valence-electron chi connectivity index (χ2n) is 4.31. The van der Waals surface area contributed by atoms with E-state index in [-0.39, 0.29) is 23.0 Å². The minimum Gasteiger partial charge on any atom is -0.478 e. The molecule has 0 radical (unpaired) electrons. The summed E-state index contributed by atoms with van der Waals surface area (Å²) in [5.74, 6) is -1.31. The number of hydrogen-bond donors (Lipinski definition) is 2. The second-order valence-corrected chi connectivity index (χ2v) is 5.15. The van der Waals surface area contributed by atoms with E-state index in [1.807, 2.05) is 0 Å². The van der Waals surface area contributed by atoms with Crippen molar-refractivity contribution < 1.29 is 14.7 Å². The number of hydrogen-bond acceptors (Lipinski definition) is 2. The van der Waals surface area contributed by atoms with Gasteiger partial charge in [0.1, 0.15) is 0 Å². The molecule has 2 N–H and O–H groups in total. The summed E-state index contributed by atoms with van der Waals surface area (Å²) in [4.78, 5) is 22.7. The average Bonchev–Trinajstić information content (AvgIpc) is 2.45. The maximum atomic E-state index is 12.0. The summed E-state index contributed by atoms with van der Waals surface area (Å²) < 4.78 is 0. The van der Waals surface area contributed by atoms with Crippen LogP contribution in [0.1, 0.15) is 26.3 Å². The second kappa shape index (κ2) is 6.61. The Morgan fingerprint density at radius 1 is 1.05 bits per heavy atom. The van der Waals surface area contributed by atoms with Gasteiger partial charge in [0.25, 0.3) is 5.91 Å². The Balaban J connectivity index is 2.02. The highest BCUT2D eigenvalue weighted by molar-refractivity contribution is 6.36. The summed E-state index contributed by atoms with van der Waals surface area (Å²) in [5.41, 5.74) is 1.33. The van der Waals surface area contributed by atoms with Crippen LogP contribution in [0.25, 0.3) is 0 Å². The minimum absolute atomic E-state index is 0.200. The normalized spacial score (nSPS) is 10.2. The van der Waals surface area contributed by atoms with E-state index in [1.54, 1.807) is 24.3 Å². The zero-order valence-corrected chi connectivity index (χ0v) is 12.3. The predicted octanol–water partition coefficient (Wildman–Crippen LogP) is 3.62. The maximum absolute atomic E-state index is 12.0. The molecule has 21 heavy (non-hydrogen) atoms. The molecule has 2 rings (SSSR count). The summed E-state index contributed by atoms with van der Waals surface area (Å²) in [7, 11) is 0. The van der Waals surface area contributed by atoms with Gasteiger partial charge in [-0.25, -0.2) is 4.79 Å². The lowest BCUT2D eigenvalue weighted by Gasteiger charge is -2.07. The molecule has 0 atom stereocenters. The Labute approximate surface area is 131 Å². The third kappa shape index (κ3) is 3.97. The van der Waals surface area contributed by atoms with Crippen molar-refractivity contribution in [3.8, 4) is 0 Å². The van der Waals surface area contributed by atoms with Gasteiger partial charge in [0, 0.05) is 11.6 Å². The first-order chi connectivity index (χ1) is 9.97. The van der Waals surface area contributed by atoms with Crippen molar-refractivity contribution in [2.45, 2.75) is 6.54 Å². The summed E-state index contributed by atoms with van der Waals surface area (Å²) in [6, 6.07) is 10.9. The molecule has 108 valence electrons. The minimum atomic E-state index is -0.987. The van der Waals surface area contributed by atoms with Crippen LogP contribution in [0.15, 0.2) is 42.5 Å². The highest BCUT2D eigenvalue weighted by atomic mass is 35.5. The van der Waals surface area contributed by atoms with Crippen molar-refractivity contribution in [3.63, 3.8) is 0 Å². The van der Waals surface area contributed by atoms with Crippen molar-refractivity contribution in [2.75, 3.05) is 0 Å². The molecule has 0 aliphatic rings. The van der Waals surface area contributed by atoms with E-state index in [0.717, 1.165) is 5.56 Å². The molecule has 4 nitrogen and oxygen atoms in total. The quantitative estimate of drug-likeness (QED) is 0.903. The monoisotopic (exact) mass is 323 g/mol. The summed E-state index contributed by atoms with van der Waals surface area (Å²) >= 11 is 11.7. The van der Waals surface area contributed by atoms with E-state index in [4.69, 9.17) is 28.3 Å². The lowest BCUT2D eigenvalue weighted by molar-refractivity contribution is 0.0696. The van der Waals surface area contributed by atoms with E-state index < -0.39 is 5.97 Å². The molecule has 2 aromatic carbocycles. The zero-order chi connectivity index (χ0) is 15.4. The molecule has 6 heteroatoms. The Bertz CT molecular complexity index is 684. The van der Waals surface area contributed by atoms with Crippen LogP contribution in [0.2, 0.25) is 10.0 Å². The Morgan fingerprint density at radius 3 is 2.29 bits per heavy atom. The van der Waals surface area contributed by atoms with Crippen LogP contribution in [-0.4, -0.2) is 17.0 Å². The van der Waals surface area contributed by atoms with Gasteiger partial charge >= 0.3 is 5.97 Å². The number of carbonyl (C=O) groups is 2. The van der Waals surface area contributed by atoms with Gasteiger partial charge < -0.3 is 10.4 Å². The van der Waals surface area contributed by atoms with Crippen molar-refractivity contribution in [1.29, 1.82) is 0 Å². The number of aromatic carboxylic acids is 1. The van der Waals surface area contributed by atoms with E-state index in [0.29, 0.717) is 10.6 Å². The molecule has 2 aromatic rings. The summed E-state index contributed by atoms with van der Waals surface area (Å²) in [5, 5.41) is 12.2.